The molecule has 0 radical (unpaired) electrons. The van der Waals surface area contributed by atoms with E-state index in [9.17, 15) is 4.79 Å². The van der Waals surface area contributed by atoms with Gasteiger partial charge >= 0.3 is 6.09 Å². The third kappa shape index (κ3) is 8.00. The first kappa shape index (κ1) is 25.5. The van der Waals surface area contributed by atoms with E-state index in [1.54, 1.807) is 11.9 Å². The van der Waals surface area contributed by atoms with Crippen LogP contribution in [-0.4, -0.2) is 79.7 Å². The summed E-state index contributed by atoms with van der Waals surface area (Å²) in [7, 11) is 1.80. The Hall–Kier alpha value is -1.55. The lowest BCUT2D eigenvalue weighted by Gasteiger charge is -2.35. The quantitative estimate of drug-likeness (QED) is 0.343. The fourth-order valence-electron chi connectivity index (χ4n) is 3.30. The second-order valence-electron chi connectivity index (χ2n) is 6.85. The van der Waals surface area contributed by atoms with Crippen molar-refractivity contribution in [1.29, 1.82) is 0 Å². The molecule has 1 aromatic rings. The van der Waals surface area contributed by atoms with Crippen molar-refractivity contribution >= 4 is 36.0 Å². The largest absolute Gasteiger partial charge is 0.450 e. The minimum atomic E-state index is -0.227. The first-order valence-corrected chi connectivity index (χ1v) is 10.3. The number of hydrogen-bond acceptors (Lipinski definition) is 4. The third-order valence-electron chi connectivity index (χ3n) is 5.09. The van der Waals surface area contributed by atoms with Gasteiger partial charge in [-0.3, -0.25) is 9.89 Å². The Labute approximate surface area is 192 Å². The Kier molecular flexibility index (Phi) is 12.0. The van der Waals surface area contributed by atoms with E-state index in [2.05, 4.69) is 58.2 Å². The van der Waals surface area contributed by atoms with E-state index in [0.29, 0.717) is 19.7 Å². The third-order valence-corrected chi connectivity index (χ3v) is 5.09. The SMILES string of the molecule is CCOC(=O)N1CCN(C(=NC)NCc2ccc(CN(CC)CC)cc2)CC1.I. The van der Waals surface area contributed by atoms with Crippen molar-refractivity contribution in [3.05, 3.63) is 35.4 Å². The molecule has 1 saturated heterocycles. The molecule has 8 heteroatoms. The van der Waals surface area contributed by atoms with Crippen LogP contribution in [0.3, 0.4) is 0 Å². The van der Waals surface area contributed by atoms with Gasteiger partial charge < -0.3 is 19.9 Å². The van der Waals surface area contributed by atoms with Crippen LogP contribution in [0.15, 0.2) is 29.3 Å². The van der Waals surface area contributed by atoms with Crippen molar-refractivity contribution in [2.45, 2.75) is 33.9 Å². The Bertz CT molecular complexity index is 626. The van der Waals surface area contributed by atoms with Gasteiger partial charge in [0.05, 0.1) is 6.61 Å². The van der Waals surface area contributed by atoms with Gasteiger partial charge in [-0.1, -0.05) is 38.1 Å². The first-order chi connectivity index (χ1) is 13.6. The average molecular weight is 517 g/mol. The van der Waals surface area contributed by atoms with Gasteiger partial charge in [0.25, 0.3) is 0 Å². The van der Waals surface area contributed by atoms with Gasteiger partial charge in [0.15, 0.2) is 5.96 Å². The van der Waals surface area contributed by atoms with Crippen LogP contribution in [0.4, 0.5) is 4.79 Å². The topological polar surface area (TPSA) is 60.4 Å². The molecule has 164 valence electrons. The van der Waals surface area contributed by atoms with Crippen LogP contribution in [0.1, 0.15) is 31.9 Å². The van der Waals surface area contributed by atoms with Gasteiger partial charge in [0.2, 0.25) is 0 Å². The summed E-state index contributed by atoms with van der Waals surface area (Å²) < 4.78 is 5.08. The summed E-state index contributed by atoms with van der Waals surface area (Å²) in [5.41, 5.74) is 2.57. The minimum Gasteiger partial charge on any atom is -0.450 e. The molecule has 1 fully saturated rings. The lowest BCUT2D eigenvalue weighted by molar-refractivity contribution is 0.0914. The number of carbonyl (C=O) groups excluding carboxylic acids is 1. The van der Waals surface area contributed by atoms with Gasteiger partial charge in [-0.2, -0.15) is 0 Å². The van der Waals surface area contributed by atoms with Crippen LogP contribution >= 0.6 is 24.0 Å². The van der Waals surface area contributed by atoms with E-state index in [1.165, 1.54) is 11.1 Å². The van der Waals surface area contributed by atoms with Crippen LogP contribution < -0.4 is 5.32 Å². The number of piperazine rings is 1. The van der Waals surface area contributed by atoms with Crippen molar-refractivity contribution in [2.24, 2.45) is 4.99 Å². The summed E-state index contributed by atoms with van der Waals surface area (Å²) in [4.78, 5) is 22.6. The fourth-order valence-corrected chi connectivity index (χ4v) is 3.30. The lowest BCUT2D eigenvalue weighted by atomic mass is 10.1. The molecule has 0 unspecified atom stereocenters. The Morgan fingerprint density at radius 3 is 2.10 bits per heavy atom. The average Bonchev–Trinajstić information content (AvgIpc) is 2.74. The monoisotopic (exact) mass is 517 g/mol. The van der Waals surface area contributed by atoms with Crippen molar-refractivity contribution in [3.8, 4) is 0 Å². The Morgan fingerprint density at radius 1 is 1.03 bits per heavy atom. The molecule has 1 heterocycles. The molecule has 1 aliphatic rings. The molecule has 0 spiro atoms. The number of aliphatic imine (C=N–C) groups is 1. The van der Waals surface area contributed by atoms with Gasteiger partial charge in [0.1, 0.15) is 0 Å². The van der Waals surface area contributed by atoms with E-state index >= 15 is 0 Å². The van der Waals surface area contributed by atoms with Crippen LogP contribution in [-0.2, 0) is 17.8 Å². The number of carbonyl (C=O) groups is 1. The normalized spacial score (nSPS) is 14.6. The standard InChI is InChI=1S/C21H35N5O2.HI/c1-5-24(6-2)17-19-10-8-18(9-11-19)16-23-20(22-4)25-12-14-26(15-13-25)21(27)28-7-3;/h8-11H,5-7,12-17H2,1-4H3,(H,22,23);1H. The molecule has 1 amide bonds. The Morgan fingerprint density at radius 2 is 1.59 bits per heavy atom. The first-order valence-electron chi connectivity index (χ1n) is 10.3. The molecule has 2 rings (SSSR count). The Balaban J connectivity index is 0.00000420. The maximum absolute atomic E-state index is 11.8. The highest BCUT2D eigenvalue weighted by Crippen LogP contribution is 2.09. The molecule has 0 bridgehead atoms. The zero-order valence-corrected chi connectivity index (χ0v) is 20.5. The molecule has 1 N–H and O–H groups in total. The van der Waals surface area contributed by atoms with E-state index in [1.807, 2.05) is 6.92 Å². The zero-order chi connectivity index (χ0) is 20.4. The summed E-state index contributed by atoms with van der Waals surface area (Å²) >= 11 is 0. The van der Waals surface area contributed by atoms with E-state index in [0.717, 1.165) is 45.2 Å². The van der Waals surface area contributed by atoms with Crippen molar-refractivity contribution in [3.63, 3.8) is 0 Å². The summed E-state index contributed by atoms with van der Waals surface area (Å²) in [6.45, 7) is 13.3. The number of halogens is 1. The second-order valence-corrected chi connectivity index (χ2v) is 6.85. The summed E-state index contributed by atoms with van der Waals surface area (Å²) in [6.07, 6.45) is -0.227. The summed E-state index contributed by atoms with van der Waals surface area (Å²) in [6, 6.07) is 8.77. The maximum atomic E-state index is 11.8. The molecule has 29 heavy (non-hydrogen) atoms. The fraction of sp³-hybridized carbons (Fsp3) is 0.619. The highest BCUT2D eigenvalue weighted by Gasteiger charge is 2.23. The van der Waals surface area contributed by atoms with Crippen molar-refractivity contribution in [2.75, 3.05) is 52.9 Å². The second kappa shape index (κ2) is 13.6. The van der Waals surface area contributed by atoms with E-state index in [4.69, 9.17) is 4.74 Å². The number of ether oxygens (including phenoxy) is 1. The molecule has 0 aliphatic carbocycles. The minimum absolute atomic E-state index is 0. The molecule has 0 atom stereocenters. The van der Waals surface area contributed by atoms with E-state index in [-0.39, 0.29) is 30.1 Å². The number of amides is 1. The molecule has 1 aromatic carbocycles. The van der Waals surface area contributed by atoms with Crippen molar-refractivity contribution < 1.29 is 9.53 Å². The van der Waals surface area contributed by atoms with Gasteiger partial charge in [-0.05, 0) is 31.1 Å². The highest BCUT2D eigenvalue weighted by molar-refractivity contribution is 14.0. The zero-order valence-electron chi connectivity index (χ0n) is 18.2. The van der Waals surface area contributed by atoms with E-state index < -0.39 is 0 Å². The molecule has 0 saturated carbocycles. The molecular formula is C21H36IN5O2. The van der Waals surface area contributed by atoms with Crippen LogP contribution in [0.5, 0.6) is 0 Å². The molecule has 0 aromatic heterocycles. The number of nitrogens with one attached hydrogen (secondary N) is 1. The number of hydrogen-bond donors (Lipinski definition) is 1. The molecule has 7 nitrogen and oxygen atoms in total. The highest BCUT2D eigenvalue weighted by atomic mass is 127. The lowest BCUT2D eigenvalue weighted by Crippen LogP contribution is -2.53. The van der Waals surface area contributed by atoms with Crippen LogP contribution in [0.2, 0.25) is 0 Å². The van der Waals surface area contributed by atoms with Crippen LogP contribution in [0.25, 0.3) is 0 Å². The summed E-state index contributed by atoms with van der Waals surface area (Å²) in [5, 5.41) is 3.44. The van der Waals surface area contributed by atoms with Crippen LogP contribution in [0, 0.1) is 0 Å². The van der Waals surface area contributed by atoms with Gasteiger partial charge in [0, 0.05) is 46.3 Å². The number of rotatable bonds is 7. The smallest absolute Gasteiger partial charge is 0.409 e. The van der Waals surface area contributed by atoms with Gasteiger partial charge in [-0.15, -0.1) is 24.0 Å². The maximum Gasteiger partial charge on any atom is 0.409 e. The number of nitrogens with zero attached hydrogens (tertiary/aromatic N) is 4. The predicted octanol–water partition coefficient (Wildman–Crippen LogP) is 3.00. The molecular weight excluding hydrogens is 481 g/mol. The number of guanidine groups is 1. The summed E-state index contributed by atoms with van der Waals surface area (Å²) in [5.74, 6) is 0.871. The van der Waals surface area contributed by atoms with Gasteiger partial charge in [-0.25, -0.2) is 4.79 Å². The molecule has 1 aliphatic heterocycles. The van der Waals surface area contributed by atoms with Crippen molar-refractivity contribution in [1.82, 2.24) is 20.0 Å². The number of benzene rings is 1. The predicted molar refractivity (Wildman–Crippen MR) is 129 cm³/mol.